The smallest absolute Gasteiger partial charge is 0.150 e. The van der Waals surface area contributed by atoms with Crippen LogP contribution in [-0.4, -0.2) is 34.7 Å². The first-order valence-electron chi connectivity index (χ1n) is 7.15. The van der Waals surface area contributed by atoms with Crippen molar-refractivity contribution in [3.05, 3.63) is 11.6 Å². The van der Waals surface area contributed by atoms with Crippen molar-refractivity contribution < 1.29 is 8.42 Å². The molecule has 3 heterocycles. The summed E-state index contributed by atoms with van der Waals surface area (Å²) >= 11 is 0. The molecular weight excluding hydrogens is 262 g/mol. The van der Waals surface area contributed by atoms with Crippen molar-refractivity contribution in [3.63, 3.8) is 0 Å². The molecule has 5 nitrogen and oxygen atoms in total. The Hall–Kier alpha value is -0.910. The van der Waals surface area contributed by atoms with Gasteiger partial charge >= 0.3 is 0 Å². The van der Waals surface area contributed by atoms with Crippen molar-refractivity contribution in [3.8, 4) is 0 Å². The number of aromatic nitrogens is 3. The third kappa shape index (κ3) is 2.83. The minimum Gasteiger partial charge on any atom is -0.315 e. The third-order valence-electron chi connectivity index (χ3n) is 4.43. The molecule has 0 amide bonds. The van der Waals surface area contributed by atoms with E-state index in [0.717, 1.165) is 43.9 Å². The molecule has 1 saturated heterocycles. The van der Waals surface area contributed by atoms with Crippen molar-refractivity contribution in [1.29, 1.82) is 0 Å². The number of rotatable bonds is 2. The van der Waals surface area contributed by atoms with Gasteiger partial charge < -0.3 is 4.57 Å². The van der Waals surface area contributed by atoms with Crippen LogP contribution in [0.15, 0.2) is 0 Å². The summed E-state index contributed by atoms with van der Waals surface area (Å²) in [6, 6.07) is 0. The van der Waals surface area contributed by atoms with Gasteiger partial charge in [-0.1, -0.05) is 6.92 Å². The van der Waals surface area contributed by atoms with Crippen LogP contribution in [0.3, 0.4) is 0 Å². The monoisotopic (exact) mass is 283 g/mol. The predicted octanol–water partition coefficient (Wildman–Crippen LogP) is 1.23. The molecule has 1 fully saturated rings. The molecule has 1 aromatic rings. The van der Waals surface area contributed by atoms with Gasteiger partial charge in [-0.25, -0.2) is 8.42 Å². The topological polar surface area (TPSA) is 64.8 Å². The molecule has 106 valence electrons. The van der Waals surface area contributed by atoms with Crippen LogP contribution in [-0.2, 0) is 29.2 Å². The van der Waals surface area contributed by atoms with Crippen molar-refractivity contribution in [2.24, 2.45) is 11.8 Å². The number of nitrogens with zero attached hydrogens (tertiary/aromatic N) is 3. The van der Waals surface area contributed by atoms with E-state index in [-0.39, 0.29) is 0 Å². The molecule has 1 unspecified atom stereocenters. The molecule has 1 atom stereocenters. The van der Waals surface area contributed by atoms with Crippen LogP contribution < -0.4 is 0 Å². The van der Waals surface area contributed by atoms with Gasteiger partial charge in [0.1, 0.15) is 21.5 Å². The Morgan fingerprint density at radius 1 is 1.21 bits per heavy atom. The van der Waals surface area contributed by atoms with E-state index in [1.807, 2.05) is 0 Å². The fraction of sp³-hybridized carbons (Fsp3) is 0.846. The Bertz CT molecular complexity index is 550. The molecule has 0 saturated carbocycles. The average molecular weight is 283 g/mol. The van der Waals surface area contributed by atoms with Gasteiger partial charge in [0.15, 0.2) is 0 Å². The molecule has 2 aliphatic rings. The molecule has 0 bridgehead atoms. The Labute approximate surface area is 114 Å². The lowest BCUT2D eigenvalue weighted by atomic mass is 9.97. The highest BCUT2D eigenvalue weighted by Crippen LogP contribution is 2.25. The summed E-state index contributed by atoms with van der Waals surface area (Å²) in [5.41, 5.74) is 0. The van der Waals surface area contributed by atoms with Crippen LogP contribution in [0.4, 0.5) is 0 Å². The lowest BCUT2D eigenvalue weighted by Gasteiger charge is -2.24. The van der Waals surface area contributed by atoms with E-state index in [1.165, 1.54) is 6.42 Å². The quantitative estimate of drug-likeness (QED) is 0.819. The van der Waals surface area contributed by atoms with Crippen LogP contribution in [0.25, 0.3) is 0 Å². The molecule has 0 spiro atoms. The number of fused-ring (bicyclic) bond motifs is 1. The average Bonchev–Trinajstić information content (AvgIpc) is 2.74. The Morgan fingerprint density at radius 3 is 2.68 bits per heavy atom. The van der Waals surface area contributed by atoms with Gasteiger partial charge in [0.05, 0.1) is 11.5 Å². The fourth-order valence-electron chi connectivity index (χ4n) is 3.10. The van der Waals surface area contributed by atoms with E-state index in [4.69, 9.17) is 0 Å². The highest BCUT2D eigenvalue weighted by Gasteiger charge is 2.27. The van der Waals surface area contributed by atoms with E-state index in [9.17, 15) is 8.42 Å². The van der Waals surface area contributed by atoms with Crippen LogP contribution in [0, 0.1) is 11.8 Å². The van der Waals surface area contributed by atoms with Crippen LogP contribution in [0.2, 0.25) is 0 Å². The van der Waals surface area contributed by atoms with Crippen LogP contribution >= 0.6 is 0 Å². The summed E-state index contributed by atoms with van der Waals surface area (Å²) in [6.07, 6.45) is 4.65. The first-order valence-corrected chi connectivity index (χ1v) is 8.97. The van der Waals surface area contributed by atoms with E-state index in [2.05, 4.69) is 21.7 Å². The van der Waals surface area contributed by atoms with Crippen molar-refractivity contribution in [2.45, 2.75) is 45.6 Å². The molecular formula is C13H21N3O2S. The highest BCUT2D eigenvalue weighted by molar-refractivity contribution is 7.91. The molecule has 0 N–H and O–H groups in total. The summed E-state index contributed by atoms with van der Waals surface area (Å²) in [7, 11) is -2.76. The lowest BCUT2D eigenvalue weighted by Crippen LogP contribution is -2.26. The number of sulfone groups is 1. The predicted molar refractivity (Wildman–Crippen MR) is 72.6 cm³/mol. The molecule has 2 aliphatic heterocycles. The van der Waals surface area contributed by atoms with Gasteiger partial charge in [0.25, 0.3) is 0 Å². The van der Waals surface area contributed by atoms with E-state index >= 15 is 0 Å². The van der Waals surface area contributed by atoms with E-state index in [1.54, 1.807) is 0 Å². The van der Waals surface area contributed by atoms with Crippen LogP contribution in [0.5, 0.6) is 0 Å². The third-order valence-corrected chi connectivity index (χ3v) is 6.14. The summed E-state index contributed by atoms with van der Waals surface area (Å²) in [4.78, 5) is 0. The van der Waals surface area contributed by atoms with Gasteiger partial charge in [-0.3, -0.25) is 0 Å². The van der Waals surface area contributed by atoms with Gasteiger partial charge in [0, 0.05) is 19.4 Å². The summed E-state index contributed by atoms with van der Waals surface area (Å²) in [5, 5.41) is 8.62. The van der Waals surface area contributed by atoms with Crippen molar-refractivity contribution in [2.75, 3.05) is 11.5 Å². The zero-order valence-corrected chi connectivity index (χ0v) is 12.2. The molecule has 19 heavy (non-hydrogen) atoms. The summed E-state index contributed by atoms with van der Waals surface area (Å²) in [5.74, 6) is 4.01. The van der Waals surface area contributed by atoms with Gasteiger partial charge in [0.2, 0.25) is 0 Å². The second-order valence-corrected chi connectivity index (χ2v) is 8.39. The van der Waals surface area contributed by atoms with Crippen LogP contribution in [0.1, 0.15) is 37.8 Å². The largest absolute Gasteiger partial charge is 0.315 e. The Kier molecular flexibility index (Phi) is 3.37. The molecule has 6 heteroatoms. The number of hydrogen-bond acceptors (Lipinski definition) is 4. The van der Waals surface area contributed by atoms with E-state index in [0.29, 0.717) is 23.3 Å². The van der Waals surface area contributed by atoms with Crippen molar-refractivity contribution in [1.82, 2.24) is 14.8 Å². The molecule has 0 aliphatic carbocycles. The normalized spacial score (nSPS) is 27.1. The zero-order chi connectivity index (χ0) is 13.5. The van der Waals surface area contributed by atoms with Gasteiger partial charge in [-0.2, -0.15) is 0 Å². The summed E-state index contributed by atoms with van der Waals surface area (Å²) in [6.45, 7) is 3.27. The maximum absolute atomic E-state index is 11.4. The maximum Gasteiger partial charge on any atom is 0.150 e. The molecule has 1 aromatic heterocycles. The minimum absolute atomic E-state index is 0.343. The number of hydrogen-bond donors (Lipinski definition) is 0. The second-order valence-electron chi connectivity index (χ2n) is 6.08. The SMILES string of the molecule is CC1CCn2c(nnc2CC2CCS(=O)(=O)CC2)C1. The standard InChI is InChI=1S/C13H21N3O2S/c1-10-2-5-16-12(8-10)14-15-13(16)9-11-3-6-19(17,18)7-4-11/h10-11H,2-9H2,1H3. The molecule has 0 radical (unpaired) electrons. The molecule has 0 aromatic carbocycles. The highest BCUT2D eigenvalue weighted by atomic mass is 32.2. The fourth-order valence-corrected chi connectivity index (χ4v) is 4.69. The zero-order valence-electron chi connectivity index (χ0n) is 11.4. The van der Waals surface area contributed by atoms with E-state index < -0.39 is 9.84 Å². The van der Waals surface area contributed by atoms with Crippen molar-refractivity contribution >= 4 is 9.84 Å². The Balaban J connectivity index is 1.68. The lowest BCUT2D eigenvalue weighted by molar-refractivity contribution is 0.388. The van der Waals surface area contributed by atoms with Gasteiger partial charge in [-0.15, -0.1) is 10.2 Å². The first kappa shape index (κ1) is 13.1. The Morgan fingerprint density at radius 2 is 1.95 bits per heavy atom. The van der Waals surface area contributed by atoms with Gasteiger partial charge in [-0.05, 0) is 31.1 Å². The maximum atomic E-state index is 11.4. The minimum atomic E-state index is -2.76. The second kappa shape index (κ2) is 4.89. The molecule has 3 rings (SSSR count). The first-order chi connectivity index (χ1) is 9.03. The summed E-state index contributed by atoms with van der Waals surface area (Å²) < 4.78 is 25.1.